The van der Waals surface area contributed by atoms with Crippen LogP contribution in [0.5, 0.6) is 0 Å². The van der Waals surface area contributed by atoms with Crippen LogP contribution in [0.15, 0.2) is 0 Å². The Labute approximate surface area is 116 Å². The van der Waals surface area contributed by atoms with Gasteiger partial charge in [-0.1, -0.05) is 0 Å². The quantitative estimate of drug-likeness (QED) is 0.720. The van der Waals surface area contributed by atoms with Crippen molar-refractivity contribution in [2.75, 3.05) is 20.2 Å². The molecule has 2 fully saturated rings. The zero-order chi connectivity index (χ0) is 14.7. The molecule has 0 radical (unpaired) electrons. The summed E-state index contributed by atoms with van der Waals surface area (Å²) in [7, 11) is 1.31. The third kappa shape index (κ3) is 9.47. The first-order valence-electron chi connectivity index (χ1n) is 6.76. The molecular formula is C14H27NO4. The van der Waals surface area contributed by atoms with Gasteiger partial charge in [-0.15, -0.1) is 0 Å². The number of rotatable bonds is 2. The van der Waals surface area contributed by atoms with Crippen LogP contribution in [-0.2, 0) is 19.1 Å². The Kier molecular flexibility index (Phi) is 9.21. The molecule has 0 bridgehead atoms. The van der Waals surface area contributed by atoms with Gasteiger partial charge in [-0.2, -0.15) is 0 Å². The molecule has 2 saturated heterocycles. The summed E-state index contributed by atoms with van der Waals surface area (Å²) < 4.78 is 8.41. The summed E-state index contributed by atoms with van der Waals surface area (Å²) in [4.78, 5) is 21.2. The number of methoxy groups -OCH3 is 1. The highest BCUT2D eigenvalue weighted by Gasteiger charge is 2.27. The highest BCUT2D eigenvalue weighted by atomic mass is 16.5. The van der Waals surface area contributed by atoms with Crippen molar-refractivity contribution in [3.63, 3.8) is 0 Å². The van der Waals surface area contributed by atoms with Gasteiger partial charge in [-0.05, 0) is 59.5 Å². The van der Waals surface area contributed by atoms with E-state index >= 15 is 0 Å². The zero-order valence-electron chi connectivity index (χ0n) is 12.6. The van der Waals surface area contributed by atoms with Crippen LogP contribution >= 0.6 is 0 Å². The van der Waals surface area contributed by atoms with Gasteiger partial charge in [0.15, 0.2) is 0 Å². The van der Waals surface area contributed by atoms with E-state index in [1.165, 1.54) is 45.9 Å². The van der Waals surface area contributed by atoms with E-state index in [1.807, 2.05) is 20.8 Å². The van der Waals surface area contributed by atoms with Crippen molar-refractivity contribution < 1.29 is 19.1 Å². The van der Waals surface area contributed by atoms with E-state index < -0.39 is 0 Å². The van der Waals surface area contributed by atoms with Crippen LogP contribution < -0.4 is 0 Å². The number of ether oxygens (including phenoxy) is 2. The molecule has 2 aliphatic heterocycles. The van der Waals surface area contributed by atoms with E-state index in [0.717, 1.165) is 6.04 Å². The minimum Gasteiger partial charge on any atom is -0.471 e. The third-order valence-corrected chi connectivity index (χ3v) is 2.98. The van der Waals surface area contributed by atoms with Gasteiger partial charge in [0.25, 0.3) is 12.9 Å². The second kappa shape index (κ2) is 9.78. The Morgan fingerprint density at radius 3 is 1.74 bits per heavy atom. The first-order valence-corrected chi connectivity index (χ1v) is 6.76. The van der Waals surface area contributed by atoms with Gasteiger partial charge < -0.3 is 14.4 Å². The summed E-state index contributed by atoms with van der Waals surface area (Å²) in [6.45, 7) is 9.08. The SMILES string of the molecule is C1CC2CCCN2C1.CC(C)(C)OC=O.COC=O. The first kappa shape index (κ1) is 17.9. The van der Waals surface area contributed by atoms with E-state index in [1.54, 1.807) is 0 Å². The zero-order valence-corrected chi connectivity index (χ0v) is 12.6. The Hall–Kier alpha value is -1.10. The lowest BCUT2D eigenvalue weighted by molar-refractivity contribution is -0.138. The molecule has 2 rings (SSSR count). The molecule has 0 aromatic heterocycles. The average molecular weight is 273 g/mol. The van der Waals surface area contributed by atoms with Crippen molar-refractivity contribution >= 4 is 12.9 Å². The Bertz CT molecular complexity index is 230. The topological polar surface area (TPSA) is 55.8 Å². The molecule has 0 aliphatic carbocycles. The molecule has 0 aromatic rings. The monoisotopic (exact) mass is 273 g/mol. The summed E-state index contributed by atoms with van der Waals surface area (Å²) >= 11 is 0. The molecule has 0 aromatic carbocycles. The average Bonchev–Trinajstić information content (AvgIpc) is 2.91. The minimum atomic E-state index is -0.318. The normalized spacial score (nSPS) is 18.3. The van der Waals surface area contributed by atoms with E-state index in [2.05, 4.69) is 14.4 Å². The van der Waals surface area contributed by atoms with Crippen LogP contribution in [0.4, 0.5) is 0 Å². The molecule has 0 amide bonds. The van der Waals surface area contributed by atoms with E-state index in [9.17, 15) is 4.79 Å². The maximum atomic E-state index is 9.60. The van der Waals surface area contributed by atoms with Gasteiger partial charge in [-0.25, -0.2) is 0 Å². The molecule has 112 valence electrons. The van der Waals surface area contributed by atoms with Crippen molar-refractivity contribution in [3.05, 3.63) is 0 Å². The predicted octanol–water partition coefficient (Wildman–Crippen LogP) is 1.99. The molecule has 5 heteroatoms. The molecule has 2 aliphatic rings. The van der Waals surface area contributed by atoms with Crippen LogP contribution in [0.2, 0.25) is 0 Å². The number of carbonyl (C=O) groups is 2. The van der Waals surface area contributed by atoms with Gasteiger partial charge in [-0.3, -0.25) is 9.59 Å². The van der Waals surface area contributed by atoms with Gasteiger partial charge >= 0.3 is 0 Å². The van der Waals surface area contributed by atoms with Gasteiger partial charge in [0.05, 0.1) is 7.11 Å². The lowest BCUT2D eigenvalue weighted by Gasteiger charge is -2.14. The summed E-state index contributed by atoms with van der Waals surface area (Å²) in [6, 6.07) is 1.01. The summed E-state index contributed by atoms with van der Waals surface area (Å²) in [5.74, 6) is 0. The second-order valence-electron chi connectivity index (χ2n) is 5.63. The van der Waals surface area contributed by atoms with Crippen LogP contribution in [-0.4, -0.2) is 49.7 Å². The van der Waals surface area contributed by atoms with Crippen LogP contribution in [0.3, 0.4) is 0 Å². The summed E-state index contributed by atoms with van der Waals surface area (Å²) in [6.07, 6.45) is 5.90. The maximum absolute atomic E-state index is 9.60. The summed E-state index contributed by atoms with van der Waals surface area (Å²) in [5, 5.41) is 0. The largest absolute Gasteiger partial charge is 0.471 e. The first-order chi connectivity index (χ1) is 8.94. The smallest absolute Gasteiger partial charge is 0.293 e. The molecule has 19 heavy (non-hydrogen) atoms. The molecule has 2 heterocycles. The number of fused-ring (bicyclic) bond motifs is 1. The second-order valence-corrected chi connectivity index (χ2v) is 5.63. The molecule has 0 atom stereocenters. The van der Waals surface area contributed by atoms with E-state index in [-0.39, 0.29) is 5.60 Å². The third-order valence-electron chi connectivity index (χ3n) is 2.98. The fourth-order valence-corrected chi connectivity index (χ4v) is 2.19. The predicted molar refractivity (Wildman–Crippen MR) is 73.8 cm³/mol. The Balaban J connectivity index is 0.000000273. The van der Waals surface area contributed by atoms with Gasteiger partial charge in [0.2, 0.25) is 0 Å². The van der Waals surface area contributed by atoms with Crippen molar-refractivity contribution in [2.24, 2.45) is 0 Å². The molecule has 0 N–H and O–H groups in total. The minimum absolute atomic E-state index is 0.318. The highest BCUT2D eigenvalue weighted by molar-refractivity contribution is 5.37. The lowest BCUT2D eigenvalue weighted by Crippen LogP contribution is -2.21. The fourth-order valence-electron chi connectivity index (χ4n) is 2.19. The van der Waals surface area contributed by atoms with Gasteiger partial charge in [0, 0.05) is 6.04 Å². The fraction of sp³-hybridized carbons (Fsp3) is 0.857. The Morgan fingerprint density at radius 1 is 1.05 bits per heavy atom. The van der Waals surface area contributed by atoms with Gasteiger partial charge in [0.1, 0.15) is 5.60 Å². The molecule has 0 saturated carbocycles. The van der Waals surface area contributed by atoms with Crippen molar-refractivity contribution in [1.29, 1.82) is 0 Å². The van der Waals surface area contributed by atoms with Crippen molar-refractivity contribution in [3.8, 4) is 0 Å². The molecule has 0 unspecified atom stereocenters. The van der Waals surface area contributed by atoms with Crippen LogP contribution in [0.1, 0.15) is 46.5 Å². The molecule has 5 nitrogen and oxygen atoms in total. The van der Waals surface area contributed by atoms with Crippen molar-refractivity contribution in [1.82, 2.24) is 4.90 Å². The molecule has 0 spiro atoms. The summed E-state index contributed by atoms with van der Waals surface area (Å²) in [5.41, 5.74) is -0.318. The highest BCUT2D eigenvalue weighted by Crippen LogP contribution is 2.26. The molecular weight excluding hydrogens is 246 g/mol. The van der Waals surface area contributed by atoms with Crippen LogP contribution in [0, 0.1) is 0 Å². The lowest BCUT2D eigenvalue weighted by atomic mass is 10.2. The number of carbonyl (C=O) groups excluding carboxylic acids is 2. The number of hydrogen-bond acceptors (Lipinski definition) is 5. The number of nitrogens with zero attached hydrogens (tertiary/aromatic N) is 1. The van der Waals surface area contributed by atoms with Crippen LogP contribution in [0.25, 0.3) is 0 Å². The number of hydrogen-bond donors (Lipinski definition) is 0. The van der Waals surface area contributed by atoms with E-state index in [0.29, 0.717) is 12.9 Å². The Morgan fingerprint density at radius 2 is 1.53 bits per heavy atom. The van der Waals surface area contributed by atoms with Crippen molar-refractivity contribution in [2.45, 2.75) is 58.1 Å². The maximum Gasteiger partial charge on any atom is 0.293 e. The standard InChI is InChI=1S/C7H13N.C5H10O2.C2H4O2/c1-3-7-4-2-6-8(7)5-1;1-5(2,3)7-4-6;1-4-2-3/h7H,1-6H2;4H,1-3H3;2H,1H3. The van der Waals surface area contributed by atoms with E-state index in [4.69, 9.17) is 4.79 Å².